The van der Waals surface area contributed by atoms with E-state index in [1.807, 2.05) is 111 Å². The molecule has 4 nitrogen and oxygen atoms in total. The first-order valence-corrected chi connectivity index (χ1v) is 24.3. The molecule has 358 valence electrons. The van der Waals surface area contributed by atoms with Gasteiger partial charge in [0.2, 0.25) is 5.91 Å². The van der Waals surface area contributed by atoms with Crippen LogP contribution in [-0.4, -0.2) is 39.1 Å². The van der Waals surface area contributed by atoms with Gasteiger partial charge in [0.15, 0.2) is 0 Å². The molecule has 0 aliphatic carbocycles. The van der Waals surface area contributed by atoms with Gasteiger partial charge in [0, 0.05) is 12.1 Å². The highest BCUT2D eigenvalue weighted by molar-refractivity contribution is 5.95. The lowest BCUT2D eigenvalue weighted by Crippen LogP contribution is -2.44. The molecule has 0 aliphatic rings. The van der Waals surface area contributed by atoms with Gasteiger partial charge >= 0.3 is 0 Å². The Labute approximate surface area is 377 Å². The van der Waals surface area contributed by atoms with Crippen LogP contribution in [0.5, 0.6) is 0 Å². The second-order valence-corrected chi connectivity index (χ2v) is 13.0. The van der Waals surface area contributed by atoms with Crippen molar-refractivity contribution < 1.29 is 4.79 Å². The van der Waals surface area contributed by atoms with Gasteiger partial charge in [-0.25, -0.2) is 0 Å². The van der Waals surface area contributed by atoms with E-state index in [1.165, 1.54) is 16.7 Å². The smallest absolute Gasteiger partial charge is 0.248 e. The molecule has 0 bridgehead atoms. The molecule has 0 radical (unpaired) electrons. The molecule has 3 unspecified atom stereocenters. The standard InChI is InChI=1S/C36H64N2O.C3H6.C2H7N.6C2H6.C2H4/c1-13-17-18-19-21-32(22-28(9)15-3)23-30(11)33(20-14-2)31(12)35(27(7)8)36(39)38-34(26(5)6)25-37-24-29(10)16-4;2*1-3-2;7*1-2/h17-18,22,27-29,34,37H,5,13-16,19-21,23-25H2,1-4,6-12H3,(H,38,39);3H,1H2,2H3;3H,1-2H3;6*1-2H3;1-2H2/b18-17-,32-22+,33-30+,35-31+;;;;;;;;;. The van der Waals surface area contributed by atoms with Crippen molar-refractivity contribution in [1.82, 2.24) is 16.0 Å². The summed E-state index contributed by atoms with van der Waals surface area (Å²) < 4.78 is 0. The van der Waals surface area contributed by atoms with E-state index < -0.39 is 0 Å². The van der Waals surface area contributed by atoms with Crippen molar-refractivity contribution in [2.75, 3.05) is 27.2 Å². The van der Waals surface area contributed by atoms with Crippen LogP contribution in [0.25, 0.3) is 0 Å². The van der Waals surface area contributed by atoms with Gasteiger partial charge in [-0.3, -0.25) is 4.79 Å². The zero-order valence-corrected chi connectivity index (χ0v) is 45.9. The van der Waals surface area contributed by atoms with Gasteiger partial charge in [0.05, 0.1) is 6.04 Å². The molecule has 0 rings (SSSR count). The predicted octanol–water partition coefficient (Wildman–Crippen LogP) is 17.9. The average Bonchev–Trinajstić information content (AvgIpc) is 3.26. The molecule has 59 heavy (non-hydrogen) atoms. The van der Waals surface area contributed by atoms with Gasteiger partial charge in [-0.2, -0.15) is 0 Å². The molecule has 4 heteroatoms. The summed E-state index contributed by atoms with van der Waals surface area (Å²) in [5.74, 6) is 1.38. The van der Waals surface area contributed by atoms with Crippen LogP contribution < -0.4 is 16.0 Å². The van der Waals surface area contributed by atoms with E-state index in [9.17, 15) is 4.79 Å². The van der Waals surface area contributed by atoms with E-state index in [4.69, 9.17) is 0 Å². The van der Waals surface area contributed by atoms with Gasteiger partial charge in [-0.05, 0) is 109 Å². The van der Waals surface area contributed by atoms with Gasteiger partial charge in [0.1, 0.15) is 0 Å². The van der Waals surface area contributed by atoms with Gasteiger partial charge in [-0.1, -0.05) is 205 Å². The fraction of sp³-hybridized carbons (Fsp3) is 0.727. The Morgan fingerprint density at radius 2 is 1.15 bits per heavy atom. The highest BCUT2D eigenvalue weighted by Crippen LogP contribution is 2.31. The largest absolute Gasteiger partial charge is 0.345 e. The second kappa shape index (κ2) is 73.1. The number of allylic oxidation sites excluding steroid dienone is 8. The van der Waals surface area contributed by atoms with E-state index >= 15 is 0 Å². The Morgan fingerprint density at radius 1 is 0.712 bits per heavy atom. The van der Waals surface area contributed by atoms with Crippen LogP contribution >= 0.6 is 0 Å². The van der Waals surface area contributed by atoms with Gasteiger partial charge in [-0.15, -0.1) is 19.7 Å². The average molecular weight is 837 g/mol. The van der Waals surface area contributed by atoms with Crippen molar-refractivity contribution in [2.24, 2.45) is 17.8 Å². The van der Waals surface area contributed by atoms with Crippen molar-refractivity contribution >= 4 is 5.91 Å². The minimum Gasteiger partial charge on any atom is -0.345 e. The lowest BCUT2D eigenvalue weighted by Gasteiger charge is -2.25. The maximum absolute atomic E-state index is 13.8. The first-order chi connectivity index (χ1) is 28.3. The number of rotatable bonds is 20. The lowest BCUT2D eigenvalue weighted by molar-refractivity contribution is -0.118. The monoisotopic (exact) mass is 836 g/mol. The fourth-order valence-electron chi connectivity index (χ4n) is 4.95. The van der Waals surface area contributed by atoms with Crippen LogP contribution in [0.1, 0.15) is 218 Å². The third kappa shape index (κ3) is 57.7. The molecule has 0 heterocycles. The van der Waals surface area contributed by atoms with Crippen molar-refractivity contribution in [3.63, 3.8) is 0 Å². The summed E-state index contributed by atoms with van der Waals surface area (Å²) in [5.41, 5.74) is 7.33. The van der Waals surface area contributed by atoms with E-state index in [0.717, 1.165) is 74.6 Å². The highest BCUT2D eigenvalue weighted by Gasteiger charge is 2.23. The summed E-state index contributed by atoms with van der Waals surface area (Å²) in [7, 11) is 3.75. The predicted molar refractivity (Wildman–Crippen MR) is 285 cm³/mol. The van der Waals surface area contributed by atoms with Gasteiger partial charge in [0.25, 0.3) is 0 Å². The van der Waals surface area contributed by atoms with Crippen molar-refractivity contribution in [3.8, 4) is 0 Å². The molecule has 0 aromatic heterocycles. The number of amides is 1. The van der Waals surface area contributed by atoms with Crippen LogP contribution in [0.4, 0.5) is 0 Å². The molecule has 0 aliphatic heterocycles. The summed E-state index contributed by atoms with van der Waals surface area (Å²) in [6.07, 6.45) is 17.5. The summed E-state index contributed by atoms with van der Waals surface area (Å²) in [5, 5.41) is 9.61. The Bertz CT molecular complexity index is 936. The molecule has 0 saturated heterocycles. The Kier molecular flexibility index (Phi) is 99.8. The van der Waals surface area contributed by atoms with Crippen molar-refractivity contribution in [1.29, 1.82) is 0 Å². The number of nitrogens with one attached hydrogen (secondary N) is 3. The van der Waals surface area contributed by atoms with E-state index in [1.54, 1.807) is 6.08 Å². The molecule has 0 aromatic carbocycles. The Morgan fingerprint density at radius 3 is 1.49 bits per heavy atom. The highest BCUT2D eigenvalue weighted by atomic mass is 16.1. The van der Waals surface area contributed by atoms with Crippen molar-refractivity contribution in [2.45, 2.75) is 224 Å². The van der Waals surface area contributed by atoms with Crippen LogP contribution in [-0.2, 0) is 4.79 Å². The molecule has 3 atom stereocenters. The number of carbonyl (C=O) groups excluding carboxylic acids is 1. The van der Waals surface area contributed by atoms with Gasteiger partial charge < -0.3 is 16.0 Å². The lowest BCUT2D eigenvalue weighted by atomic mass is 9.86. The van der Waals surface area contributed by atoms with Crippen LogP contribution in [0.2, 0.25) is 0 Å². The summed E-state index contributed by atoms with van der Waals surface area (Å²) in [6.45, 7) is 65.3. The molecule has 1 amide bonds. The third-order valence-corrected chi connectivity index (χ3v) is 7.82. The number of hydrogen-bond acceptors (Lipinski definition) is 3. The molecule has 3 N–H and O–H groups in total. The topological polar surface area (TPSA) is 53.2 Å². The van der Waals surface area contributed by atoms with Crippen LogP contribution in [0.3, 0.4) is 0 Å². The van der Waals surface area contributed by atoms with Crippen LogP contribution in [0.15, 0.2) is 84.1 Å². The maximum atomic E-state index is 13.8. The number of hydrogen-bond donors (Lipinski definition) is 3. The molecule has 0 fully saturated rings. The van der Waals surface area contributed by atoms with E-state index in [2.05, 4.69) is 130 Å². The minimum absolute atomic E-state index is 0.0438. The first kappa shape index (κ1) is 80.5. The normalized spacial score (nSPS) is 11.9. The summed E-state index contributed by atoms with van der Waals surface area (Å²) >= 11 is 0. The first-order valence-electron chi connectivity index (χ1n) is 24.3. The maximum Gasteiger partial charge on any atom is 0.248 e. The summed E-state index contributed by atoms with van der Waals surface area (Å²) in [4.78, 5) is 13.8. The SMILES string of the molecule is C=C.C=C(C)C(CNCC(C)CC)NC(=O)/C(=C(C)/C(CCC)=C(\C)C/C(=C/C(C)CC)CC/C=C\CC)C(C)C.C=CC.CC.CC.CC.CC.CC.CC.CNC. The fourth-order valence-corrected chi connectivity index (χ4v) is 4.95. The van der Waals surface area contributed by atoms with Crippen molar-refractivity contribution in [3.05, 3.63) is 84.1 Å². The van der Waals surface area contributed by atoms with Crippen LogP contribution in [0, 0.1) is 17.8 Å². The Balaban J connectivity index is -0.000000128. The van der Waals surface area contributed by atoms with E-state index in [-0.39, 0.29) is 17.9 Å². The third-order valence-electron chi connectivity index (χ3n) is 7.82. The molecule has 0 saturated carbocycles. The molecule has 0 aromatic rings. The Hall–Kier alpha value is -2.43. The summed E-state index contributed by atoms with van der Waals surface area (Å²) in [6, 6.07) is -0.0796. The number of carbonyl (C=O) groups is 1. The quantitative estimate of drug-likeness (QED) is 0.0650. The minimum atomic E-state index is -0.0796. The molecular formula is C55H117N3O. The zero-order valence-electron chi connectivity index (χ0n) is 45.9. The van der Waals surface area contributed by atoms with E-state index in [0.29, 0.717) is 18.4 Å². The molecular weight excluding hydrogens is 719 g/mol. The zero-order chi connectivity index (χ0) is 49.4. The molecule has 0 spiro atoms. The second-order valence-electron chi connectivity index (χ2n) is 13.0.